The van der Waals surface area contributed by atoms with Crippen molar-refractivity contribution in [2.75, 3.05) is 37.6 Å². The average molecular weight is 408 g/mol. The lowest BCUT2D eigenvalue weighted by Crippen LogP contribution is -2.48. The topological polar surface area (TPSA) is 65.2 Å². The number of aryl methyl sites for hydroxylation is 1. The zero-order chi connectivity index (χ0) is 20.2. The maximum absolute atomic E-state index is 13.0. The number of carbonyl (C=O) groups is 1. The Morgan fingerprint density at radius 1 is 1.14 bits per heavy atom. The summed E-state index contributed by atoms with van der Waals surface area (Å²) in [4.78, 5) is 21.8. The van der Waals surface area contributed by atoms with E-state index in [0.29, 0.717) is 24.5 Å². The number of anilines is 1. The Bertz CT molecular complexity index is 1050. The van der Waals surface area contributed by atoms with Crippen LogP contribution in [0, 0.1) is 11.3 Å². The second-order valence-corrected chi connectivity index (χ2v) is 7.62. The van der Waals surface area contributed by atoms with Crippen LogP contribution < -0.4 is 4.90 Å². The second-order valence-electron chi connectivity index (χ2n) is 7.18. The summed E-state index contributed by atoms with van der Waals surface area (Å²) >= 11 is 5.92. The molecule has 1 aromatic carbocycles. The van der Waals surface area contributed by atoms with E-state index in [4.69, 9.17) is 16.9 Å². The van der Waals surface area contributed by atoms with Crippen molar-refractivity contribution < 1.29 is 4.79 Å². The number of Topliss-reactive ketones (excluding diaryl/α,β-unsaturated/α-hetero) is 1. The number of piperazine rings is 1. The molecule has 0 radical (unpaired) electrons. The molecule has 3 aromatic rings. The number of ketones is 1. The minimum atomic E-state index is 0.120. The molecule has 2 aromatic heterocycles. The number of para-hydroxylation sites is 1. The summed E-state index contributed by atoms with van der Waals surface area (Å²) in [5.74, 6) is 1.04. The highest BCUT2D eigenvalue weighted by Gasteiger charge is 2.22. The summed E-state index contributed by atoms with van der Waals surface area (Å²) in [6.07, 6.45) is 3.99. The summed E-state index contributed by atoms with van der Waals surface area (Å²) in [5, 5.41) is 10.5. The number of fused-ring (bicyclic) bond motifs is 1. The molecule has 0 bridgehead atoms. The number of nitriles is 1. The van der Waals surface area contributed by atoms with Crippen molar-refractivity contribution in [1.29, 1.82) is 5.26 Å². The Morgan fingerprint density at radius 2 is 1.93 bits per heavy atom. The normalized spacial score (nSPS) is 14.8. The van der Waals surface area contributed by atoms with Crippen molar-refractivity contribution in [3.63, 3.8) is 0 Å². The second kappa shape index (κ2) is 8.64. The Morgan fingerprint density at radius 3 is 2.66 bits per heavy atom. The molecule has 1 aliphatic rings. The van der Waals surface area contributed by atoms with Crippen LogP contribution in [0.1, 0.15) is 16.8 Å². The smallest absolute Gasteiger partial charge is 0.178 e. The highest BCUT2D eigenvalue weighted by Crippen LogP contribution is 2.23. The molecule has 0 aliphatic carbocycles. The molecule has 0 spiro atoms. The van der Waals surface area contributed by atoms with E-state index in [9.17, 15) is 4.79 Å². The van der Waals surface area contributed by atoms with Gasteiger partial charge in [0.05, 0.1) is 24.1 Å². The lowest BCUT2D eigenvalue weighted by atomic mass is 10.1. The molecule has 4 rings (SSSR count). The van der Waals surface area contributed by atoms with Gasteiger partial charge in [-0.2, -0.15) is 5.26 Å². The number of hydrogen-bond acceptors (Lipinski definition) is 5. The Hall–Kier alpha value is -2.88. The highest BCUT2D eigenvalue weighted by molar-refractivity contribution is 6.30. The number of halogens is 1. The minimum absolute atomic E-state index is 0.120. The monoisotopic (exact) mass is 407 g/mol. The van der Waals surface area contributed by atoms with Crippen LogP contribution in [0.15, 0.2) is 48.8 Å². The average Bonchev–Trinajstić information content (AvgIpc) is 3.12. The zero-order valence-electron chi connectivity index (χ0n) is 16.1. The SMILES string of the molecule is N#CCCn1cc(C(=O)CN2CCN(c3ccc(Cl)cn3)CC2)c2ccccc21. The first-order valence-electron chi connectivity index (χ1n) is 9.72. The van der Waals surface area contributed by atoms with Crippen LogP contribution in [0.2, 0.25) is 5.02 Å². The van der Waals surface area contributed by atoms with E-state index in [-0.39, 0.29) is 5.78 Å². The molecule has 148 valence electrons. The van der Waals surface area contributed by atoms with Crippen molar-refractivity contribution in [2.45, 2.75) is 13.0 Å². The van der Waals surface area contributed by atoms with Gasteiger partial charge in [-0.3, -0.25) is 9.69 Å². The zero-order valence-corrected chi connectivity index (χ0v) is 16.8. The molecule has 6 nitrogen and oxygen atoms in total. The molecule has 29 heavy (non-hydrogen) atoms. The minimum Gasteiger partial charge on any atom is -0.354 e. The van der Waals surface area contributed by atoms with E-state index in [1.807, 2.05) is 47.2 Å². The third kappa shape index (κ3) is 4.26. The van der Waals surface area contributed by atoms with E-state index in [1.165, 1.54) is 0 Å². The molecule has 7 heteroatoms. The molecule has 0 unspecified atom stereocenters. The van der Waals surface area contributed by atoms with Gasteiger partial charge in [-0.15, -0.1) is 0 Å². The van der Waals surface area contributed by atoms with Gasteiger partial charge in [0.2, 0.25) is 0 Å². The van der Waals surface area contributed by atoms with Gasteiger partial charge in [0.25, 0.3) is 0 Å². The number of aromatic nitrogens is 2. The maximum atomic E-state index is 13.0. The van der Waals surface area contributed by atoms with E-state index < -0.39 is 0 Å². The molecule has 0 amide bonds. The summed E-state index contributed by atoms with van der Waals surface area (Å²) in [6, 6.07) is 13.8. The van der Waals surface area contributed by atoms with Gasteiger partial charge in [-0.25, -0.2) is 4.98 Å². The molecular weight excluding hydrogens is 386 g/mol. The van der Waals surface area contributed by atoms with Crippen LogP contribution in [0.4, 0.5) is 5.82 Å². The number of rotatable bonds is 6. The predicted octanol–water partition coefficient (Wildman–Crippen LogP) is 3.61. The van der Waals surface area contributed by atoms with Crippen LogP contribution >= 0.6 is 11.6 Å². The summed E-state index contributed by atoms with van der Waals surface area (Å²) in [5.41, 5.74) is 1.74. The summed E-state index contributed by atoms with van der Waals surface area (Å²) in [6.45, 7) is 4.26. The van der Waals surface area contributed by atoms with Crippen LogP contribution in [0.25, 0.3) is 10.9 Å². The third-order valence-electron chi connectivity index (χ3n) is 5.33. The van der Waals surface area contributed by atoms with Gasteiger partial charge < -0.3 is 9.47 Å². The van der Waals surface area contributed by atoms with Crippen LogP contribution in [0.3, 0.4) is 0 Å². The van der Waals surface area contributed by atoms with Crippen LogP contribution in [-0.2, 0) is 6.54 Å². The van der Waals surface area contributed by atoms with Gasteiger partial charge in [0.15, 0.2) is 5.78 Å². The number of pyridine rings is 1. The number of benzene rings is 1. The summed E-state index contributed by atoms with van der Waals surface area (Å²) < 4.78 is 2.01. The van der Waals surface area contributed by atoms with E-state index >= 15 is 0 Å². The van der Waals surface area contributed by atoms with Crippen LogP contribution in [-0.4, -0.2) is 53.0 Å². The first kappa shape index (κ1) is 19.4. The van der Waals surface area contributed by atoms with Crippen molar-refractivity contribution in [2.24, 2.45) is 0 Å². The van der Waals surface area contributed by atoms with Crippen molar-refractivity contribution in [3.8, 4) is 6.07 Å². The van der Waals surface area contributed by atoms with Crippen LogP contribution in [0.5, 0.6) is 0 Å². The molecule has 0 atom stereocenters. The number of hydrogen-bond donors (Lipinski definition) is 0. The first-order valence-corrected chi connectivity index (χ1v) is 10.1. The Kier molecular flexibility index (Phi) is 5.79. The fourth-order valence-corrected chi connectivity index (χ4v) is 3.91. The molecule has 0 N–H and O–H groups in total. The van der Waals surface area contributed by atoms with Gasteiger partial charge >= 0.3 is 0 Å². The van der Waals surface area contributed by atoms with E-state index in [0.717, 1.165) is 48.5 Å². The highest BCUT2D eigenvalue weighted by atomic mass is 35.5. The molecule has 1 fully saturated rings. The molecule has 1 saturated heterocycles. The number of nitrogens with zero attached hydrogens (tertiary/aromatic N) is 5. The Labute approximate surface area is 174 Å². The fourth-order valence-electron chi connectivity index (χ4n) is 3.80. The quantitative estimate of drug-likeness (QED) is 0.584. The van der Waals surface area contributed by atoms with E-state index in [2.05, 4.69) is 20.9 Å². The molecular formula is C22H22ClN5O. The van der Waals surface area contributed by atoms with Gasteiger partial charge in [-0.05, 0) is 18.2 Å². The maximum Gasteiger partial charge on any atom is 0.178 e. The lowest BCUT2D eigenvalue weighted by molar-refractivity contribution is 0.0927. The van der Waals surface area contributed by atoms with Crippen molar-refractivity contribution in [3.05, 3.63) is 59.4 Å². The van der Waals surface area contributed by atoms with Crippen molar-refractivity contribution in [1.82, 2.24) is 14.5 Å². The fraction of sp³-hybridized carbons (Fsp3) is 0.318. The molecule has 0 saturated carbocycles. The largest absolute Gasteiger partial charge is 0.354 e. The standard InChI is InChI=1S/C22H22ClN5O/c23-17-6-7-22(25-14-17)27-12-10-26(11-13-27)16-21(29)19-15-28(9-3-8-24)20-5-2-1-4-18(19)20/h1-2,4-7,14-15H,3,9-13,16H2. The molecule has 1 aliphatic heterocycles. The third-order valence-corrected chi connectivity index (χ3v) is 5.55. The van der Waals surface area contributed by atoms with E-state index in [1.54, 1.807) is 6.20 Å². The predicted molar refractivity (Wildman–Crippen MR) is 114 cm³/mol. The molecule has 3 heterocycles. The first-order chi connectivity index (χ1) is 14.2. The van der Waals surface area contributed by atoms with Gasteiger partial charge in [0, 0.05) is 61.6 Å². The van der Waals surface area contributed by atoms with Gasteiger partial charge in [0.1, 0.15) is 5.82 Å². The number of carbonyl (C=O) groups excluding carboxylic acids is 1. The summed E-state index contributed by atoms with van der Waals surface area (Å²) in [7, 11) is 0. The van der Waals surface area contributed by atoms with Gasteiger partial charge in [-0.1, -0.05) is 29.8 Å². The lowest BCUT2D eigenvalue weighted by Gasteiger charge is -2.35. The Balaban J connectivity index is 1.43. The van der Waals surface area contributed by atoms with Crippen molar-refractivity contribution >= 4 is 34.1 Å².